The quantitative estimate of drug-likeness (QED) is 0.405. The van der Waals surface area contributed by atoms with E-state index in [9.17, 15) is 4.79 Å². The molecule has 3 aliphatic rings. The molecule has 1 amide bonds. The molecule has 0 radical (unpaired) electrons. The van der Waals surface area contributed by atoms with Crippen LogP contribution in [-0.2, 0) is 14.3 Å². The molecule has 2 aliphatic carbocycles. The second kappa shape index (κ2) is 5.55. The largest absolute Gasteiger partial charge is 0.462 e. The third-order valence-corrected chi connectivity index (χ3v) is 4.38. The number of rotatable bonds is 0. The van der Waals surface area contributed by atoms with Crippen LogP contribution in [0.4, 0.5) is 0 Å². The van der Waals surface area contributed by atoms with Crippen molar-refractivity contribution in [3.8, 4) is 0 Å². The van der Waals surface area contributed by atoms with Gasteiger partial charge in [-0.2, -0.15) is 0 Å². The second-order valence-corrected chi connectivity index (χ2v) is 5.39. The van der Waals surface area contributed by atoms with Crippen LogP contribution in [0.25, 0.3) is 0 Å². The van der Waals surface area contributed by atoms with E-state index >= 15 is 0 Å². The Bertz CT molecular complexity index is 364. The predicted octanol–water partition coefficient (Wildman–Crippen LogP) is 1.79. The SMILES string of the molecule is CC1OC(=O)C2C=C3CCCCC3CC12.NC=O. The molecule has 2 N–H and O–H groups in total. The van der Waals surface area contributed by atoms with Gasteiger partial charge in [0.1, 0.15) is 6.10 Å². The summed E-state index contributed by atoms with van der Waals surface area (Å²) in [5.41, 5.74) is 5.72. The highest BCUT2D eigenvalue weighted by Crippen LogP contribution is 2.45. The molecule has 4 unspecified atom stereocenters. The summed E-state index contributed by atoms with van der Waals surface area (Å²) in [6.07, 6.45) is 9.04. The molecular weight excluding hydrogens is 230 g/mol. The first-order chi connectivity index (χ1) is 8.67. The zero-order chi connectivity index (χ0) is 13.1. The molecule has 1 saturated heterocycles. The lowest BCUT2D eigenvalue weighted by Crippen LogP contribution is -2.28. The first-order valence-corrected chi connectivity index (χ1v) is 6.73. The van der Waals surface area contributed by atoms with Crippen LogP contribution < -0.4 is 5.73 Å². The summed E-state index contributed by atoms with van der Waals surface area (Å²) in [7, 11) is 0. The van der Waals surface area contributed by atoms with Gasteiger partial charge in [0.05, 0.1) is 5.92 Å². The molecule has 18 heavy (non-hydrogen) atoms. The van der Waals surface area contributed by atoms with Gasteiger partial charge in [0.15, 0.2) is 0 Å². The monoisotopic (exact) mass is 251 g/mol. The minimum Gasteiger partial charge on any atom is -0.462 e. The first kappa shape index (κ1) is 13.1. The van der Waals surface area contributed by atoms with E-state index in [1.807, 2.05) is 6.92 Å². The van der Waals surface area contributed by atoms with Crippen LogP contribution in [0.3, 0.4) is 0 Å². The molecule has 0 spiro atoms. The summed E-state index contributed by atoms with van der Waals surface area (Å²) in [6.45, 7) is 2.05. The van der Waals surface area contributed by atoms with Gasteiger partial charge in [-0.1, -0.05) is 18.1 Å². The third-order valence-electron chi connectivity index (χ3n) is 4.38. The van der Waals surface area contributed by atoms with E-state index in [1.54, 1.807) is 5.57 Å². The number of amides is 1. The third kappa shape index (κ3) is 2.42. The topological polar surface area (TPSA) is 69.4 Å². The second-order valence-electron chi connectivity index (χ2n) is 5.39. The van der Waals surface area contributed by atoms with Crippen molar-refractivity contribution in [2.45, 2.75) is 45.1 Å². The van der Waals surface area contributed by atoms with Crippen LogP contribution in [-0.4, -0.2) is 18.5 Å². The van der Waals surface area contributed by atoms with Gasteiger partial charge >= 0.3 is 5.97 Å². The normalized spacial score (nSPS) is 37.4. The molecular formula is C14H21NO3. The van der Waals surface area contributed by atoms with Gasteiger partial charge in [-0.3, -0.25) is 9.59 Å². The van der Waals surface area contributed by atoms with Crippen LogP contribution in [0.1, 0.15) is 39.0 Å². The van der Waals surface area contributed by atoms with Gasteiger partial charge in [0, 0.05) is 5.92 Å². The molecule has 4 heteroatoms. The average molecular weight is 251 g/mol. The molecule has 3 rings (SSSR count). The van der Waals surface area contributed by atoms with Crippen LogP contribution in [0.15, 0.2) is 11.6 Å². The molecule has 1 saturated carbocycles. The lowest BCUT2D eigenvalue weighted by molar-refractivity contribution is -0.142. The number of nitrogens with two attached hydrogens (primary N) is 1. The van der Waals surface area contributed by atoms with Gasteiger partial charge in [0.2, 0.25) is 6.41 Å². The van der Waals surface area contributed by atoms with Crippen molar-refractivity contribution < 1.29 is 14.3 Å². The average Bonchev–Trinajstić information content (AvgIpc) is 2.63. The molecule has 4 nitrogen and oxygen atoms in total. The van der Waals surface area contributed by atoms with Crippen molar-refractivity contribution in [1.29, 1.82) is 0 Å². The number of primary amides is 1. The van der Waals surface area contributed by atoms with Crippen LogP contribution in [0, 0.1) is 17.8 Å². The highest BCUT2D eigenvalue weighted by Gasteiger charge is 2.45. The maximum Gasteiger partial charge on any atom is 0.313 e. The fraction of sp³-hybridized carbons (Fsp3) is 0.714. The van der Waals surface area contributed by atoms with Gasteiger partial charge < -0.3 is 10.5 Å². The highest BCUT2D eigenvalue weighted by molar-refractivity contribution is 5.77. The summed E-state index contributed by atoms with van der Waals surface area (Å²) >= 11 is 0. The van der Waals surface area contributed by atoms with Crippen LogP contribution >= 0.6 is 0 Å². The Balaban J connectivity index is 0.000000367. The number of carbonyl (C=O) groups is 2. The Morgan fingerprint density at radius 1 is 1.44 bits per heavy atom. The first-order valence-electron chi connectivity index (χ1n) is 6.73. The smallest absolute Gasteiger partial charge is 0.313 e. The van der Waals surface area contributed by atoms with E-state index in [4.69, 9.17) is 9.53 Å². The highest BCUT2D eigenvalue weighted by atomic mass is 16.6. The Morgan fingerprint density at radius 3 is 2.89 bits per heavy atom. The zero-order valence-corrected chi connectivity index (χ0v) is 10.8. The van der Waals surface area contributed by atoms with Crippen molar-refractivity contribution in [2.75, 3.05) is 0 Å². The molecule has 0 aromatic rings. The number of cyclic esters (lactones) is 1. The molecule has 4 atom stereocenters. The molecule has 1 aliphatic heterocycles. The van der Waals surface area contributed by atoms with E-state index in [0.717, 1.165) is 5.92 Å². The van der Waals surface area contributed by atoms with Gasteiger partial charge in [-0.05, 0) is 38.5 Å². The minimum absolute atomic E-state index is 0.0176. The maximum atomic E-state index is 11.6. The fourth-order valence-corrected chi connectivity index (χ4v) is 3.50. The molecule has 0 aromatic heterocycles. The van der Waals surface area contributed by atoms with Crippen LogP contribution in [0.5, 0.6) is 0 Å². The van der Waals surface area contributed by atoms with E-state index in [2.05, 4.69) is 11.8 Å². The molecule has 0 aromatic carbocycles. The van der Waals surface area contributed by atoms with Crippen molar-refractivity contribution in [3.05, 3.63) is 11.6 Å². The maximum absolute atomic E-state index is 11.6. The predicted molar refractivity (Wildman–Crippen MR) is 67.4 cm³/mol. The Hall–Kier alpha value is -1.32. The Kier molecular flexibility index (Phi) is 4.04. The fourth-order valence-electron chi connectivity index (χ4n) is 3.50. The standard InChI is InChI=1S/C13H18O2.CH3NO/c1-8-11-6-9-4-2-3-5-10(9)7-12(11)13(14)15-8;2-1-3/h7-9,11-12H,2-6H2,1H3;1H,(H2,2,3). The molecule has 100 valence electrons. The van der Waals surface area contributed by atoms with Gasteiger partial charge in [-0.15, -0.1) is 0 Å². The van der Waals surface area contributed by atoms with Crippen molar-refractivity contribution in [2.24, 2.45) is 23.5 Å². The van der Waals surface area contributed by atoms with Gasteiger partial charge in [0.25, 0.3) is 0 Å². The summed E-state index contributed by atoms with van der Waals surface area (Å²) < 4.78 is 5.33. The lowest BCUT2D eigenvalue weighted by Gasteiger charge is -2.34. The number of ether oxygens (including phenoxy) is 1. The summed E-state index contributed by atoms with van der Waals surface area (Å²) in [5.74, 6) is 1.33. The number of hydrogen-bond donors (Lipinski definition) is 1. The number of carbonyl (C=O) groups excluding carboxylic acids is 2. The molecule has 0 bridgehead atoms. The number of esters is 1. The number of allylic oxidation sites excluding steroid dienone is 1. The van der Waals surface area contributed by atoms with E-state index < -0.39 is 0 Å². The van der Waals surface area contributed by atoms with E-state index in [0.29, 0.717) is 5.92 Å². The Labute approximate surface area is 108 Å². The summed E-state index contributed by atoms with van der Waals surface area (Å²) in [6, 6.07) is 0. The number of hydrogen-bond acceptors (Lipinski definition) is 3. The van der Waals surface area contributed by atoms with E-state index in [1.165, 1.54) is 32.1 Å². The van der Waals surface area contributed by atoms with Crippen molar-refractivity contribution in [1.82, 2.24) is 0 Å². The minimum atomic E-state index is 0.0176. The number of fused-ring (bicyclic) bond motifs is 2. The summed E-state index contributed by atoms with van der Waals surface area (Å²) in [4.78, 5) is 20.2. The zero-order valence-electron chi connectivity index (χ0n) is 10.8. The van der Waals surface area contributed by atoms with Crippen LogP contribution in [0.2, 0.25) is 0 Å². The van der Waals surface area contributed by atoms with E-state index in [-0.39, 0.29) is 24.4 Å². The lowest BCUT2D eigenvalue weighted by atomic mass is 9.69. The molecule has 1 heterocycles. The Morgan fingerprint density at radius 2 is 2.17 bits per heavy atom. The van der Waals surface area contributed by atoms with Gasteiger partial charge in [-0.25, -0.2) is 0 Å². The summed E-state index contributed by atoms with van der Waals surface area (Å²) in [5, 5.41) is 0. The van der Waals surface area contributed by atoms with Crippen molar-refractivity contribution >= 4 is 12.4 Å². The van der Waals surface area contributed by atoms with Crippen molar-refractivity contribution in [3.63, 3.8) is 0 Å². The molecule has 2 fully saturated rings.